The van der Waals surface area contributed by atoms with Crippen LogP contribution in [0.15, 0.2) is 29.1 Å². The molecular formula is C23H26N4O3. The molecule has 156 valence electrons. The van der Waals surface area contributed by atoms with Gasteiger partial charge in [0.25, 0.3) is 5.56 Å². The average Bonchev–Trinajstić information content (AvgIpc) is 3.00. The summed E-state index contributed by atoms with van der Waals surface area (Å²) in [7, 11) is 1.80. The van der Waals surface area contributed by atoms with E-state index in [4.69, 9.17) is 11.2 Å². The van der Waals surface area contributed by atoms with Gasteiger partial charge in [-0.15, -0.1) is 6.42 Å². The van der Waals surface area contributed by atoms with Crippen LogP contribution in [0, 0.1) is 26.2 Å². The van der Waals surface area contributed by atoms with Gasteiger partial charge in [-0.3, -0.25) is 14.3 Å². The third-order valence-electron chi connectivity index (χ3n) is 5.14. The fourth-order valence-corrected chi connectivity index (χ4v) is 3.61. The number of aromatic amines is 1. The Kier molecular flexibility index (Phi) is 6.58. The molecular weight excluding hydrogens is 380 g/mol. The van der Waals surface area contributed by atoms with Gasteiger partial charge in [0.1, 0.15) is 18.0 Å². The summed E-state index contributed by atoms with van der Waals surface area (Å²) in [6, 6.07) is 7.62. The van der Waals surface area contributed by atoms with Crippen LogP contribution in [0.2, 0.25) is 0 Å². The number of aromatic nitrogens is 3. The standard InChI is InChI=1S/C23H26N4O3/c1-5-14-30-18-8-6-17(7-9-18)12-13-24-20(28)11-10-19-15(2)21-16(3)26-27(4)22(21)25-23(19)29/h1,6-9H,10-14H2,2-4H3,(H,24,28)(H,25,29). The van der Waals surface area contributed by atoms with Crippen LogP contribution in [0.4, 0.5) is 0 Å². The highest BCUT2D eigenvalue weighted by Crippen LogP contribution is 2.21. The number of hydrogen-bond acceptors (Lipinski definition) is 4. The van der Waals surface area contributed by atoms with Gasteiger partial charge in [0, 0.05) is 31.0 Å². The van der Waals surface area contributed by atoms with Gasteiger partial charge in [0.2, 0.25) is 5.91 Å². The summed E-state index contributed by atoms with van der Waals surface area (Å²) in [6.45, 7) is 4.60. The second kappa shape index (κ2) is 9.31. The molecule has 7 nitrogen and oxygen atoms in total. The Bertz CT molecular complexity index is 1150. The lowest BCUT2D eigenvalue weighted by atomic mass is 10.0. The molecule has 0 saturated carbocycles. The molecule has 3 rings (SSSR count). The van der Waals surface area contributed by atoms with Crippen molar-refractivity contribution in [2.24, 2.45) is 7.05 Å². The van der Waals surface area contributed by atoms with E-state index in [1.54, 1.807) is 11.7 Å². The van der Waals surface area contributed by atoms with Crippen LogP contribution in [0.5, 0.6) is 5.75 Å². The number of aryl methyl sites for hydroxylation is 3. The van der Waals surface area contributed by atoms with Crippen LogP contribution in [-0.2, 0) is 24.7 Å². The lowest BCUT2D eigenvalue weighted by Gasteiger charge is -2.09. The number of H-pyrrole nitrogens is 1. The fourth-order valence-electron chi connectivity index (χ4n) is 3.61. The lowest BCUT2D eigenvalue weighted by molar-refractivity contribution is -0.121. The van der Waals surface area contributed by atoms with Gasteiger partial charge in [0.15, 0.2) is 0 Å². The molecule has 0 spiro atoms. The molecule has 30 heavy (non-hydrogen) atoms. The highest BCUT2D eigenvalue weighted by atomic mass is 16.5. The minimum Gasteiger partial charge on any atom is -0.481 e. The molecule has 0 bridgehead atoms. The van der Waals surface area contributed by atoms with E-state index < -0.39 is 0 Å². The first kappa shape index (κ1) is 21.2. The van der Waals surface area contributed by atoms with Crippen LogP contribution >= 0.6 is 0 Å². The third-order valence-corrected chi connectivity index (χ3v) is 5.14. The number of fused-ring (bicyclic) bond motifs is 1. The Morgan fingerprint density at radius 1 is 1.27 bits per heavy atom. The largest absolute Gasteiger partial charge is 0.481 e. The normalized spacial score (nSPS) is 10.7. The summed E-state index contributed by atoms with van der Waals surface area (Å²) < 4.78 is 7.01. The number of nitrogens with one attached hydrogen (secondary N) is 2. The number of rotatable bonds is 8. The van der Waals surface area contributed by atoms with Gasteiger partial charge in [-0.2, -0.15) is 5.10 Å². The minimum absolute atomic E-state index is 0.0780. The van der Waals surface area contributed by atoms with E-state index in [2.05, 4.69) is 21.3 Å². The summed E-state index contributed by atoms with van der Waals surface area (Å²) in [6.07, 6.45) is 6.53. The number of nitrogens with zero attached hydrogens (tertiary/aromatic N) is 2. The Balaban J connectivity index is 1.53. The van der Waals surface area contributed by atoms with Gasteiger partial charge < -0.3 is 15.0 Å². The molecule has 2 N–H and O–H groups in total. The second-order valence-corrected chi connectivity index (χ2v) is 7.23. The van der Waals surface area contributed by atoms with E-state index in [1.807, 2.05) is 38.1 Å². The monoisotopic (exact) mass is 406 g/mol. The predicted octanol–water partition coefficient (Wildman–Crippen LogP) is 2.18. The van der Waals surface area contributed by atoms with Gasteiger partial charge in [-0.05, 0) is 49.9 Å². The summed E-state index contributed by atoms with van der Waals surface area (Å²) >= 11 is 0. The molecule has 0 fully saturated rings. The van der Waals surface area contributed by atoms with E-state index in [1.165, 1.54) is 0 Å². The first-order valence-corrected chi connectivity index (χ1v) is 9.87. The van der Waals surface area contributed by atoms with E-state index in [9.17, 15) is 9.59 Å². The van der Waals surface area contributed by atoms with Crippen molar-refractivity contribution in [3.8, 4) is 18.1 Å². The van der Waals surface area contributed by atoms with Crippen molar-refractivity contribution in [3.63, 3.8) is 0 Å². The van der Waals surface area contributed by atoms with E-state index in [0.29, 0.717) is 30.6 Å². The molecule has 2 aromatic heterocycles. The van der Waals surface area contributed by atoms with Crippen molar-refractivity contribution in [2.75, 3.05) is 13.2 Å². The van der Waals surface area contributed by atoms with Crippen LogP contribution in [0.3, 0.4) is 0 Å². The number of terminal acetylenes is 1. The van der Waals surface area contributed by atoms with Crippen LogP contribution < -0.4 is 15.6 Å². The molecule has 0 saturated heterocycles. The molecule has 0 atom stereocenters. The van der Waals surface area contributed by atoms with E-state index >= 15 is 0 Å². The molecule has 1 aromatic carbocycles. The summed E-state index contributed by atoms with van der Waals surface area (Å²) in [5, 5.41) is 8.23. The number of amides is 1. The fraction of sp³-hybridized carbons (Fsp3) is 0.348. The zero-order valence-electron chi connectivity index (χ0n) is 17.5. The smallest absolute Gasteiger partial charge is 0.253 e. The van der Waals surface area contributed by atoms with Crippen molar-refractivity contribution in [1.82, 2.24) is 20.1 Å². The number of carbonyl (C=O) groups is 1. The van der Waals surface area contributed by atoms with Gasteiger partial charge in [-0.1, -0.05) is 18.1 Å². The average molecular weight is 406 g/mol. The maximum atomic E-state index is 12.5. The Hall–Kier alpha value is -3.53. The SMILES string of the molecule is C#CCOc1ccc(CCNC(=O)CCc2c(C)c3c(C)nn(C)c3[nH]c2=O)cc1. The third kappa shape index (κ3) is 4.71. The molecule has 0 radical (unpaired) electrons. The molecule has 0 aliphatic rings. The first-order valence-electron chi connectivity index (χ1n) is 9.87. The highest BCUT2D eigenvalue weighted by Gasteiger charge is 2.15. The van der Waals surface area contributed by atoms with Crippen LogP contribution in [-0.4, -0.2) is 33.8 Å². The van der Waals surface area contributed by atoms with Gasteiger partial charge >= 0.3 is 0 Å². The van der Waals surface area contributed by atoms with Crippen molar-refractivity contribution in [1.29, 1.82) is 0 Å². The van der Waals surface area contributed by atoms with Crippen molar-refractivity contribution < 1.29 is 9.53 Å². The van der Waals surface area contributed by atoms with Gasteiger partial charge in [0.05, 0.1) is 5.69 Å². The topological polar surface area (TPSA) is 89.0 Å². The predicted molar refractivity (Wildman–Crippen MR) is 117 cm³/mol. The molecule has 0 unspecified atom stereocenters. The maximum absolute atomic E-state index is 12.5. The van der Waals surface area contributed by atoms with E-state index in [-0.39, 0.29) is 24.5 Å². The molecule has 0 aliphatic heterocycles. The summed E-state index contributed by atoms with van der Waals surface area (Å²) in [5.41, 5.74) is 4.02. The van der Waals surface area contributed by atoms with Gasteiger partial charge in [-0.25, -0.2) is 0 Å². The molecule has 7 heteroatoms. The highest BCUT2D eigenvalue weighted by molar-refractivity contribution is 5.83. The summed E-state index contributed by atoms with van der Waals surface area (Å²) in [4.78, 5) is 27.6. The number of benzene rings is 1. The molecule has 0 aliphatic carbocycles. The zero-order chi connectivity index (χ0) is 21.7. The second-order valence-electron chi connectivity index (χ2n) is 7.23. The number of pyridine rings is 1. The Morgan fingerprint density at radius 3 is 2.70 bits per heavy atom. The van der Waals surface area contributed by atoms with Crippen molar-refractivity contribution in [3.05, 3.63) is 57.0 Å². The number of ether oxygens (including phenoxy) is 1. The van der Waals surface area contributed by atoms with Crippen molar-refractivity contribution in [2.45, 2.75) is 33.1 Å². The van der Waals surface area contributed by atoms with Crippen LogP contribution in [0.1, 0.15) is 28.8 Å². The number of carbonyl (C=O) groups excluding carboxylic acids is 1. The summed E-state index contributed by atoms with van der Waals surface area (Å²) in [5.74, 6) is 3.07. The quantitative estimate of drug-likeness (QED) is 0.561. The Morgan fingerprint density at radius 2 is 2.00 bits per heavy atom. The molecule has 3 aromatic rings. The Labute approximate surface area is 175 Å². The number of hydrogen-bond donors (Lipinski definition) is 2. The maximum Gasteiger partial charge on any atom is 0.253 e. The zero-order valence-corrected chi connectivity index (χ0v) is 17.5. The lowest BCUT2D eigenvalue weighted by Crippen LogP contribution is -2.27. The molecule has 2 heterocycles. The minimum atomic E-state index is -0.164. The molecule has 1 amide bonds. The van der Waals surface area contributed by atoms with Crippen LogP contribution in [0.25, 0.3) is 11.0 Å². The van der Waals surface area contributed by atoms with Crippen molar-refractivity contribution >= 4 is 16.9 Å². The first-order chi connectivity index (χ1) is 14.4. The van der Waals surface area contributed by atoms with E-state index in [0.717, 1.165) is 28.0 Å².